The van der Waals surface area contributed by atoms with Crippen molar-refractivity contribution in [3.8, 4) is 17.1 Å². The number of thioether (sulfide) groups is 1. The maximum absolute atomic E-state index is 5.67. The predicted molar refractivity (Wildman–Crippen MR) is 114 cm³/mol. The second-order valence-electron chi connectivity index (χ2n) is 6.75. The van der Waals surface area contributed by atoms with Crippen LogP contribution in [0.25, 0.3) is 22.4 Å². The molecule has 0 atom stereocenters. The van der Waals surface area contributed by atoms with E-state index in [2.05, 4.69) is 55.7 Å². The Hall–Kier alpha value is -1.98. The lowest BCUT2D eigenvalue weighted by molar-refractivity contribution is 0.188. The van der Waals surface area contributed by atoms with E-state index in [0.29, 0.717) is 12.5 Å². The number of hydrogen-bond acceptors (Lipinski definition) is 4. The van der Waals surface area contributed by atoms with Crippen LogP contribution in [0, 0.1) is 0 Å². The summed E-state index contributed by atoms with van der Waals surface area (Å²) in [6.07, 6.45) is 0. The molecule has 4 nitrogen and oxygen atoms in total. The Morgan fingerprint density at radius 3 is 2.41 bits per heavy atom. The SMILES string of the molecule is CCSc1ccc(OC)c2c1nc(-c1ccc(C(C)C)cc1)n2CCOC. The molecule has 0 amide bonds. The Morgan fingerprint density at radius 1 is 1.07 bits per heavy atom. The Balaban J connectivity index is 2.22. The van der Waals surface area contributed by atoms with Crippen molar-refractivity contribution in [2.45, 2.75) is 38.1 Å². The topological polar surface area (TPSA) is 36.3 Å². The summed E-state index contributed by atoms with van der Waals surface area (Å²) in [5.41, 5.74) is 4.48. The van der Waals surface area contributed by atoms with Crippen molar-refractivity contribution in [2.24, 2.45) is 0 Å². The maximum Gasteiger partial charge on any atom is 0.144 e. The number of fused-ring (bicyclic) bond motifs is 1. The minimum atomic E-state index is 0.513. The minimum Gasteiger partial charge on any atom is -0.494 e. The quantitative estimate of drug-likeness (QED) is 0.474. The van der Waals surface area contributed by atoms with E-state index in [9.17, 15) is 0 Å². The molecule has 0 unspecified atom stereocenters. The van der Waals surface area contributed by atoms with Crippen LogP contribution in [-0.4, -0.2) is 36.1 Å². The molecule has 1 heterocycles. The molecule has 3 rings (SSSR count). The number of methoxy groups -OCH3 is 2. The molecule has 0 saturated heterocycles. The maximum atomic E-state index is 5.67. The number of imidazole rings is 1. The average Bonchev–Trinajstić information content (AvgIpc) is 3.07. The first-order chi connectivity index (χ1) is 13.1. The molecule has 0 spiro atoms. The highest BCUT2D eigenvalue weighted by molar-refractivity contribution is 7.99. The minimum absolute atomic E-state index is 0.513. The third-order valence-electron chi connectivity index (χ3n) is 4.69. The number of ether oxygens (including phenoxy) is 2. The zero-order valence-corrected chi connectivity index (χ0v) is 17.6. The van der Waals surface area contributed by atoms with Crippen LogP contribution in [0.2, 0.25) is 0 Å². The summed E-state index contributed by atoms with van der Waals surface area (Å²) < 4.78 is 13.3. The summed E-state index contributed by atoms with van der Waals surface area (Å²) in [7, 11) is 3.44. The molecule has 0 fully saturated rings. The molecule has 0 aliphatic rings. The van der Waals surface area contributed by atoms with Crippen LogP contribution in [0.4, 0.5) is 0 Å². The van der Waals surface area contributed by atoms with Gasteiger partial charge in [-0.2, -0.15) is 0 Å². The van der Waals surface area contributed by atoms with E-state index in [1.165, 1.54) is 10.5 Å². The van der Waals surface area contributed by atoms with Crippen LogP contribution < -0.4 is 4.74 Å². The number of rotatable bonds is 8. The van der Waals surface area contributed by atoms with E-state index in [4.69, 9.17) is 14.5 Å². The lowest BCUT2D eigenvalue weighted by Crippen LogP contribution is -2.06. The fraction of sp³-hybridized carbons (Fsp3) is 0.409. The summed E-state index contributed by atoms with van der Waals surface area (Å²) in [5, 5.41) is 0. The van der Waals surface area contributed by atoms with Gasteiger partial charge in [-0.3, -0.25) is 0 Å². The Morgan fingerprint density at radius 2 is 1.81 bits per heavy atom. The lowest BCUT2D eigenvalue weighted by atomic mass is 10.0. The van der Waals surface area contributed by atoms with Gasteiger partial charge < -0.3 is 14.0 Å². The van der Waals surface area contributed by atoms with Crippen molar-refractivity contribution in [1.29, 1.82) is 0 Å². The normalized spacial score (nSPS) is 11.5. The predicted octanol–water partition coefficient (Wildman–Crippen LogP) is 5.59. The molecular weight excluding hydrogens is 356 g/mol. The zero-order chi connectivity index (χ0) is 19.4. The van der Waals surface area contributed by atoms with Gasteiger partial charge in [-0.25, -0.2) is 4.98 Å². The Labute approximate surface area is 165 Å². The third-order valence-corrected chi connectivity index (χ3v) is 5.62. The molecule has 27 heavy (non-hydrogen) atoms. The number of nitrogens with zero attached hydrogens (tertiary/aromatic N) is 2. The van der Waals surface area contributed by atoms with Crippen molar-refractivity contribution in [2.75, 3.05) is 26.6 Å². The number of aromatic nitrogens is 2. The molecule has 0 N–H and O–H groups in total. The second-order valence-corrected chi connectivity index (χ2v) is 8.06. The van der Waals surface area contributed by atoms with Gasteiger partial charge in [0.25, 0.3) is 0 Å². The molecule has 144 valence electrons. The van der Waals surface area contributed by atoms with E-state index in [-0.39, 0.29) is 0 Å². The average molecular weight is 385 g/mol. The molecule has 0 aliphatic heterocycles. The number of hydrogen-bond donors (Lipinski definition) is 0. The van der Waals surface area contributed by atoms with Gasteiger partial charge in [0.15, 0.2) is 0 Å². The van der Waals surface area contributed by atoms with Crippen molar-refractivity contribution >= 4 is 22.8 Å². The highest BCUT2D eigenvalue weighted by atomic mass is 32.2. The second kappa shape index (κ2) is 8.81. The van der Waals surface area contributed by atoms with Gasteiger partial charge in [-0.1, -0.05) is 45.0 Å². The monoisotopic (exact) mass is 384 g/mol. The summed E-state index contributed by atoms with van der Waals surface area (Å²) in [6, 6.07) is 12.9. The van der Waals surface area contributed by atoms with Gasteiger partial charge in [-0.05, 0) is 29.4 Å². The molecule has 0 radical (unpaired) electrons. The fourth-order valence-electron chi connectivity index (χ4n) is 3.26. The lowest BCUT2D eigenvalue weighted by Gasteiger charge is -2.12. The molecule has 0 saturated carbocycles. The first kappa shape index (κ1) is 19.8. The van der Waals surface area contributed by atoms with Crippen LogP contribution in [0.5, 0.6) is 5.75 Å². The summed E-state index contributed by atoms with van der Waals surface area (Å²) in [5.74, 6) is 3.32. The highest BCUT2D eigenvalue weighted by Crippen LogP contribution is 2.37. The summed E-state index contributed by atoms with van der Waals surface area (Å²) >= 11 is 1.81. The summed E-state index contributed by atoms with van der Waals surface area (Å²) in [4.78, 5) is 6.23. The van der Waals surface area contributed by atoms with E-state index < -0.39 is 0 Å². The molecule has 5 heteroatoms. The van der Waals surface area contributed by atoms with E-state index in [1.54, 1.807) is 14.2 Å². The number of benzene rings is 2. The van der Waals surface area contributed by atoms with Crippen molar-refractivity contribution in [3.05, 3.63) is 42.0 Å². The molecule has 3 aromatic rings. The molecular formula is C22H28N2O2S. The van der Waals surface area contributed by atoms with E-state index in [0.717, 1.165) is 40.5 Å². The Bertz CT molecular complexity index is 901. The summed E-state index contributed by atoms with van der Waals surface area (Å²) in [6.45, 7) is 7.93. The van der Waals surface area contributed by atoms with Gasteiger partial charge in [-0.15, -0.1) is 11.8 Å². The smallest absolute Gasteiger partial charge is 0.144 e. The molecule has 0 aliphatic carbocycles. The molecule has 1 aromatic heterocycles. The van der Waals surface area contributed by atoms with Gasteiger partial charge >= 0.3 is 0 Å². The van der Waals surface area contributed by atoms with Crippen molar-refractivity contribution in [3.63, 3.8) is 0 Å². The molecule has 0 bridgehead atoms. The van der Waals surface area contributed by atoms with Crippen molar-refractivity contribution in [1.82, 2.24) is 9.55 Å². The standard InChI is InChI=1S/C22H28N2O2S/c1-6-27-19-12-11-18(26-5)21-20(19)23-22(24(21)13-14-25-4)17-9-7-16(8-10-17)15(2)3/h7-12,15H,6,13-14H2,1-5H3. The van der Waals surface area contributed by atoms with E-state index >= 15 is 0 Å². The van der Waals surface area contributed by atoms with Gasteiger partial charge in [0, 0.05) is 24.1 Å². The van der Waals surface area contributed by atoms with Crippen LogP contribution in [-0.2, 0) is 11.3 Å². The van der Waals surface area contributed by atoms with Gasteiger partial charge in [0.2, 0.25) is 0 Å². The van der Waals surface area contributed by atoms with Crippen LogP contribution in [0.15, 0.2) is 41.3 Å². The van der Waals surface area contributed by atoms with Crippen LogP contribution in [0.1, 0.15) is 32.3 Å². The van der Waals surface area contributed by atoms with Crippen molar-refractivity contribution < 1.29 is 9.47 Å². The first-order valence-corrected chi connectivity index (χ1v) is 10.4. The third kappa shape index (κ3) is 3.99. The van der Waals surface area contributed by atoms with Gasteiger partial charge in [0.05, 0.1) is 13.7 Å². The first-order valence-electron chi connectivity index (χ1n) is 9.40. The van der Waals surface area contributed by atoms with Gasteiger partial charge in [0.1, 0.15) is 22.6 Å². The van der Waals surface area contributed by atoms with Crippen LogP contribution >= 0.6 is 11.8 Å². The Kier molecular flexibility index (Phi) is 6.45. The van der Waals surface area contributed by atoms with E-state index in [1.807, 2.05) is 17.8 Å². The fourth-order valence-corrected chi connectivity index (χ4v) is 4.01. The molecule has 2 aromatic carbocycles. The zero-order valence-electron chi connectivity index (χ0n) is 16.8. The highest BCUT2D eigenvalue weighted by Gasteiger charge is 2.19. The van der Waals surface area contributed by atoms with Crippen LogP contribution in [0.3, 0.4) is 0 Å². The largest absolute Gasteiger partial charge is 0.494 e.